The Balaban J connectivity index is 1.88. The summed E-state index contributed by atoms with van der Waals surface area (Å²) in [5, 5.41) is 10.3. The zero-order valence-electron chi connectivity index (χ0n) is 15.5. The summed E-state index contributed by atoms with van der Waals surface area (Å²) in [6.45, 7) is 0.370. The highest BCUT2D eigenvalue weighted by Crippen LogP contribution is 2.50. The van der Waals surface area contributed by atoms with Crippen LogP contribution in [0.15, 0.2) is 30.3 Å². The van der Waals surface area contributed by atoms with Crippen LogP contribution in [0.1, 0.15) is 22.6 Å². The number of esters is 1. The molecule has 2 aromatic rings. The molecule has 4 rings (SSSR count). The minimum absolute atomic E-state index is 0.0101. The van der Waals surface area contributed by atoms with Crippen molar-refractivity contribution in [2.45, 2.75) is 12.3 Å². The van der Waals surface area contributed by atoms with Gasteiger partial charge in [0.05, 0.1) is 33.9 Å². The van der Waals surface area contributed by atoms with Crippen LogP contribution in [-0.4, -0.2) is 39.0 Å². The van der Waals surface area contributed by atoms with Gasteiger partial charge < -0.3 is 24.1 Å². The fourth-order valence-electron chi connectivity index (χ4n) is 4.34. The Morgan fingerprint density at radius 1 is 1.00 bits per heavy atom. The van der Waals surface area contributed by atoms with Gasteiger partial charge in [-0.1, -0.05) is 6.07 Å². The Labute approximate surface area is 157 Å². The largest absolute Gasteiger partial charge is 0.504 e. The first-order valence-electron chi connectivity index (χ1n) is 8.85. The highest BCUT2D eigenvalue weighted by molar-refractivity contribution is 5.77. The van der Waals surface area contributed by atoms with Gasteiger partial charge in [-0.15, -0.1) is 0 Å². The number of phenolic OH excluding ortho intramolecular Hbond substituents is 1. The lowest BCUT2D eigenvalue weighted by Gasteiger charge is -2.34. The topological polar surface area (TPSA) is 74.2 Å². The van der Waals surface area contributed by atoms with E-state index in [9.17, 15) is 9.90 Å². The molecule has 0 spiro atoms. The van der Waals surface area contributed by atoms with Gasteiger partial charge in [0.1, 0.15) is 0 Å². The van der Waals surface area contributed by atoms with Crippen LogP contribution in [0.3, 0.4) is 0 Å². The number of aromatic hydroxyl groups is 1. The Morgan fingerprint density at radius 3 is 2.44 bits per heavy atom. The molecule has 1 aliphatic heterocycles. The molecule has 1 saturated heterocycles. The van der Waals surface area contributed by atoms with Gasteiger partial charge in [0.25, 0.3) is 0 Å². The summed E-state index contributed by atoms with van der Waals surface area (Å²) in [6, 6.07) is 9.33. The molecule has 27 heavy (non-hydrogen) atoms. The lowest BCUT2D eigenvalue weighted by Crippen LogP contribution is -2.31. The molecule has 3 atom stereocenters. The Morgan fingerprint density at radius 2 is 1.74 bits per heavy atom. The van der Waals surface area contributed by atoms with Crippen molar-refractivity contribution in [3.05, 3.63) is 47.0 Å². The fourth-order valence-corrected chi connectivity index (χ4v) is 4.34. The van der Waals surface area contributed by atoms with Crippen LogP contribution >= 0.6 is 0 Å². The number of cyclic esters (lactones) is 1. The molecule has 0 radical (unpaired) electrons. The van der Waals surface area contributed by atoms with Crippen LogP contribution in [0.5, 0.6) is 23.0 Å². The van der Waals surface area contributed by atoms with Crippen LogP contribution in [0.2, 0.25) is 0 Å². The molecular formula is C21H22O6. The maximum atomic E-state index is 12.3. The molecule has 142 valence electrons. The number of hydrogen-bond acceptors (Lipinski definition) is 6. The molecule has 0 aromatic heterocycles. The van der Waals surface area contributed by atoms with Crippen molar-refractivity contribution in [2.24, 2.45) is 11.8 Å². The van der Waals surface area contributed by atoms with E-state index in [1.807, 2.05) is 24.3 Å². The molecule has 0 amide bonds. The first-order chi connectivity index (χ1) is 13.1. The molecule has 6 heteroatoms. The van der Waals surface area contributed by atoms with Gasteiger partial charge in [-0.25, -0.2) is 0 Å². The highest BCUT2D eigenvalue weighted by Gasteiger charge is 2.47. The summed E-state index contributed by atoms with van der Waals surface area (Å²) >= 11 is 0. The molecule has 1 heterocycles. The van der Waals surface area contributed by atoms with Crippen LogP contribution in [-0.2, 0) is 16.0 Å². The van der Waals surface area contributed by atoms with Crippen molar-refractivity contribution in [3.63, 3.8) is 0 Å². The predicted molar refractivity (Wildman–Crippen MR) is 97.7 cm³/mol. The van der Waals surface area contributed by atoms with Crippen molar-refractivity contribution in [2.75, 3.05) is 27.9 Å². The monoisotopic (exact) mass is 370 g/mol. The highest BCUT2D eigenvalue weighted by atomic mass is 16.5. The molecule has 2 aromatic carbocycles. The number of hydrogen-bond donors (Lipinski definition) is 1. The number of fused-ring (bicyclic) bond motifs is 2. The molecule has 6 nitrogen and oxygen atoms in total. The second kappa shape index (κ2) is 6.68. The Bertz CT molecular complexity index is 890. The Hall–Kier alpha value is -2.89. The maximum absolute atomic E-state index is 12.3. The average molecular weight is 370 g/mol. The van der Waals surface area contributed by atoms with Crippen molar-refractivity contribution in [1.29, 1.82) is 0 Å². The molecule has 2 aliphatic rings. The van der Waals surface area contributed by atoms with Crippen LogP contribution in [0.4, 0.5) is 0 Å². The van der Waals surface area contributed by atoms with Gasteiger partial charge in [-0.2, -0.15) is 0 Å². The van der Waals surface area contributed by atoms with E-state index in [-0.39, 0.29) is 29.5 Å². The standard InChI is InChI=1S/C21H22O6/c1-24-17-5-4-11(7-19(17)26-3)20-13-9-16(22)18(25-2)8-12(13)6-14-15(20)10-27-21(14)23/h4-5,7-9,14-15,20,22H,6,10H2,1-3H3/t14-,15-,20-/m0/s1. The second-order valence-electron chi connectivity index (χ2n) is 6.92. The number of carbonyl (C=O) groups excluding carboxylic acids is 1. The van der Waals surface area contributed by atoms with Crippen molar-refractivity contribution in [3.8, 4) is 23.0 Å². The number of benzene rings is 2. The first kappa shape index (κ1) is 17.5. The molecule has 1 aliphatic carbocycles. The zero-order chi connectivity index (χ0) is 19.1. The first-order valence-corrected chi connectivity index (χ1v) is 8.85. The van der Waals surface area contributed by atoms with Crippen molar-refractivity contribution < 1.29 is 28.8 Å². The summed E-state index contributed by atoms with van der Waals surface area (Å²) < 4.78 is 21.4. The normalized spacial score (nSPS) is 23.2. The molecule has 1 fully saturated rings. The third kappa shape index (κ3) is 2.76. The number of ether oxygens (including phenoxy) is 4. The fraction of sp³-hybridized carbons (Fsp3) is 0.381. The second-order valence-corrected chi connectivity index (χ2v) is 6.92. The van der Waals surface area contributed by atoms with Gasteiger partial charge in [-0.05, 0) is 47.4 Å². The molecule has 0 unspecified atom stereocenters. The molecule has 0 bridgehead atoms. The lowest BCUT2D eigenvalue weighted by atomic mass is 9.67. The van der Waals surface area contributed by atoms with E-state index in [1.54, 1.807) is 20.3 Å². The van der Waals surface area contributed by atoms with Crippen LogP contribution < -0.4 is 14.2 Å². The van der Waals surface area contributed by atoms with Crippen LogP contribution in [0.25, 0.3) is 0 Å². The number of rotatable bonds is 4. The number of phenols is 1. The summed E-state index contributed by atoms with van der Waals surface area (Å²) in [7, 11) is 4.71. The van der Waals surface area contributed by atoms with E-state index >= 15 is 0 Å². The molecule has 1 N–H and O–H groups in total. The van der Waals surface area contributed by atoms with E-state index < -0.39 is 0 Å². The predicted octanol–water partition coefficient (Wildman–Crippen LogP) is 2.90. The number of carbonyl (C=O) groups is 1. The van der Waals surface area contributed by atoms with E-state index in [2.05, 4.69) is 0 Å². The quantitative estimate of drug-likeness (QED) is 0.835. The smallest absolute Gasteiger partial charge is 0.309 e. The summed E-state index contributed by atoms with van der Waals surface area (Å²) in [4.78, 5) is 12.3. The summed E-state index contributed by atoms with van der Waals surface area (Å²) in [6.07, 6.45) is 0.583. The molecular weight excluding hydrogens is 348 g/mol. The summed E-state index contributed by atoms with van der Waals surface area (Å²) in [5.74, 6) is 1.31. The third-order valence-corrected chi connectivity index (χ3v) is 5.65. The van der Waals surface area contributed by atoms with Gasteiger partial charge >= 0.3 is 5.97 Å². The maximum Gasteiger partial charge on any atom is 0.309 e. The van der Waals surface area contributed by atoms with Gasteiger partial charge in [0, 0.05) is 11.8 Å². The van der Waals surface area contributed by atoms with Gasteiger partial charge in [0.15, 0.2) is 23.0 Å². The third-order valence-electron chi connectivity index (χ3n) is 5.65. The van der Waals surface area contributed by atoms with Crippen molar-refractivity contribution in [1.82, 2.24) is 0 Å². The van der Waals surface area contributed by atoms with Crippen LogP contribution in [0, 0.1) is 11.8 Å². The summed E-state index contributed by atoms with van der Waals surface area (Å²) in [5.41, 5.74) is 2.97. The zero-order valence-corrected chi connectivity index (χ0v) is 15.5. The van der Waals surface area contributed by atoms with Gasteiger partial charge in [0.2, 0.25) is 0 Å². The SMILES string of the molecule is COc1cc2c(cc1O)[C@H](c1ccc(OC)c(OC)c1)[C@H]1COC(=O)[C@H]1C2. The van der Waals surface area contributed by atoms with E-state index in [0.717, 1.165) is 16.7 Å². The van der Waals surface area contributed by atoms with Crippen molar-refractivity contribution >= 4 is 5.97 Å². The Kier molecular flexibility index (Phi) is 4.34. The van der Waals surface area contributed by atoms with E-state index in [0.29, 0.717) is 30.3 Å². The number of methoxy groups -OCH3 is 3. The van der Waals surface area contributed by atoms with E-state index in [1.165, 1.54) is 7.11 Å². The average Bonchev–Trinajstić information content (AvgIpc) is 3.05. The van der Waals surface area contributed by atoms with Gasteiger partial charge in [-0.3, -0.25) is 4.79 Å². The lowest BCUT2D eigenvalue weighted by molar-refractivity contribution is -0.141. The molecule has 0 saturated carbocycles. The minimum atomic E-state index is -0.204. The minimum Gasteiger partial charge on any atom is -0.504 e. The van der Waals surface area contributed by atoms with E-state index in [4.69, 9.17) is 18.9 Å².